The average molecular weight is 371 g/mol. The van der Waals surface area contributed by atoms with Gasteiger partial charge in [0, 0.05) is 11.3 Å². The number of nitriles is 2. The molecule has 0 unspecified atom stereocenters. The number of rotatable bonds is 3. The van der Waals surface area contributed by atoms with E-state index in [1.807, 2.05) is 60.7 Å². The van der Waals surface area contributed by atoms with E-state index in [1.165, 1.54) is 0 Å². The maximum Gasteiger partial charge on any atom is 0.137 e. The molecule has 29 heavy (non-hydrogen) atoms. The zero-order valence-electron chi connectivity index (χ0n) is 15.6. The first-order valence-electron chi connectivity index (χ1n) is 9.20. The molecule has 0 fully saturated rings. The Labute approximate surface area is 169 Å². The molecule has 0 atom stereocenters. The number of anilines is 1. The molecule has 0 aliphatic carbocycles. The highest BCUT2D eigenvalue weighted by molar-refractivity contribution is 6.07. The van der Waals surface area contributed by atoms with Crippen LogP contribution in [0.3, 0.4) is 0 Å². The summed E-state index contributed by atoms with van der Waals surface area (Å²) in [7, 11) is 0. The highest BCUT2D eigenvalue weighted by Crippen LogP contribution is 2.31. The van der Waals surface area contributed by atoms with Crippen molar-refractivity contribution in [2.45, 2.75) is 0 Å². The van der Waals surface area contributed by atoms with Gasteiger partial charge in [-0.25, -0.2) is 0 Å². The second kappa shape index (κ2) is 7.72. The Hall–Kier alpha value is -4.34. The van der Waals surface area contributed by atoms with Gasteiger partial charge < -0.3 is 5.73 Å². The van der Waals surface area contributed by atoms with Crippen LogP contribution >= 0.6 is 0 Å². The molecule has 0 aliphatic rings. The predicted octanol–water partition coefficient (Wildman–Crippen LogP) is 6.09. The summed E-state index contributed by atoms with van der Waals surface area (Å²) in [5, 5.41) is 23.5. The fourth-order valence-electron chi connectivity index (χ4n) is 3.53. The smallest absolute Gasteiger partial charge is 0.137 e. The maximum atomic E-state index is 9.46. The van der Waals surface area contributed by atoms with Crippen molar-refractivity contribution >= 4 is 38.9 Å². The van der Waals surface area contributed by atoms with E-state index in [0.717, 1.165) is 32.7 Å². The SMILES string of the molecule is N#CC(C#N)=C(/C=C/c1c2ccccc2cc2ccccc12)c1ccc(N)cc1. The lowest BCUT2D eigenvalue weighted by molar-refractivity contribution is 1.46. The van der Waals surface area contributed by atoms with Crippen LogP contribution in [0.2, 0.25) is 0 Å². The van der Waals surface area contributed by atoms with Gasteiger partial charge in [-0.1, -0.05) is 72.8 Å². The Morgan fingerprint density at radius 2 is 1.31 bits per heavy atom. The molecule has 0 heterocycles. The van der Waals surface area contributed by atoms with Crippen LogP contribution in [0.5, 0.6) is 0 Å². The lowest BCUT2D eigenvalue weighted by Crippen LogP contribution is -1.89. The minimum Gasteiger partial charge on any atom is -0.399 e. The maximum absolute atomic E-state index is 9.46. The number of hydrogen-bond acceptors (Lipinski definition) is 3. The lowest BCUT2D eigenvalue weighted by Gasteiger charge is -2.09. The van der Waals surface area contributed by atoms with E-state index in [2.05, 4.69) is 30.3 Å². The van der Waals surface area contributed by atoms with Crippen molar-refractivity contribution in [3.8, 4) is 12.1 Å². The van der Waals surface area contributed by atoms with Crippen molar-refractivity contribution in [3.63, 3.8) is 0 Å². The minimum atomic E-state index is 0.0653. The summed E-state index contributed by atoms with van der Waals surface area (Å²) in [5.41, 5.74) is 8.90. The molecule has 4 aromatic rings. The van der Waals surface area contributed by atoms with Gasteiger partial charge in [0.1, 0.15) is 17.7 Å². The first kappa shape index (κ1) is 18.0. The Balaban J connectivity index is 1.96. The molecule has 0 aliphatic heterocycles. The molecule has 0 saturated carbocycles. The van der Waals surface area contributed by atoms with Gasteiger partial charge in [-0.3, -0.25) is 0 Å². The van der Waals surface area contributed by atoms with Crippen molar-refractivity contribution in [2.75, 3.05) is 5.73 Å². The van der Waals surface area contributed by atoms with Crippen molar-refractivity contribution in [1.82, 2.24) is 0 Å². The molecule has 0 amide bonds. The summed E-state index contributed by atoms with van der Waals surface area (Å²) in [6, 6.07) is 29.8. The van der Waals surface area contributed by atoms with E-state index in [0.29, 0.717) is 11.3 Å². The van der Waals surface area contributed by atoms with Crippen LogP contribution in [-0.2, 0) is 0 Å². The fraction of sp³-hybridized carbons (Fsp3) is 0. The molecule has 3 heteroatoms. The van der Waals surface area contributed by atoms with Crippen molar-refractivity contribution < 1.29 is 0 Å². The number of nitrogens with two attached hydrogens (primary N) is 1. The van der Waals surface area contributed by atoms with E-state index >= 15 is 0 Å². The number of fused-ring (bicyclic) bond motifs is 2. The molecule has 4 aromatic carbocycles. The second-order valence-corrected chi connectivity index (χ2v) is 6.70. The molecular weight excluding hydrogens is 354 g/mol. The van der Waals surface area contributed by atoms with Gasteiger partial charge in [-0.15, -0.1) is 0 Å². The van der Waals surface area contributed by atoms with Crippen LogP contribution in [0, 0.1) is 22.7 Å². The first-order chi connectivity index (χ1) is 14.2. The molecule has 0 bridgehead atoms. The first-order valence-corrected chi connectivity index (χ1v) is 9.20. The van der Waals surface area contributed by atoms with E-state index in [9.17, 15) is 10.5 Å². The monoisotopic (exact) mass is 371 g/mol. The molecule has 0 spiro atoms. The minimum absolute atomic E-state index is 0.0653. The van der Waals surface area contributed by atoms with Gasteiger partial charge >= 0.3 is 0 Å². The molecule has 2 N–H and O–H groups in total. The summed E-state index contributed by atoms with van der Waals surface area (Å²) >= 11 is 0. The summed E-state index contributed by atoms with van der Waals surface area (Å²) in [6.07, 6.45) is 3.84. The number of hydrogen-bond donors (Lipinski definition) is 1. The standard InChI is InChI=1S/C26H17N3/c27-16-21(17-28)23(18-9-11-22(29)12-10-18)13-14-26-24-7-3-1-5-19(24)15-20-6-2-4-8-25(20)26/h1-15H,29H2/b14-13+. The largest absolute Gasteiger partial charge is 0.399 e. The van der Waals surface area contributed by atoms with Crippen molar-refractivity contribution in [3.05, 3.63) is 102 Å². The zero-order chi connectivity index (χ0) is 20.2. The van der Waals surface area contributed by atoms with Crippen LogP contribution < -0.4 is 5.73 Å². The summed E-state index contributed by atoms with van der Waals surface area (Å²) in [4.78, 5) is 0. The topological polar surface area (TPSA) is 73.6 Å². The van der Waals surface area contributed by atoms with Gasteiger partial charge in [-0.2, -0.15) is 10.5 Å². The molecule has 3 nitrogen and oxygen atoms in total. The van der Waals surface area contributed by atoms with Gasteiger partial charge in [-0.05, 0) is 50.9 Å². The Bertz CT molecular complexity index is 1290. The van der Waals surface area contributed by atoms with Gasteiger partial charge in [0.25, 0.3) is 0 Å². The molecule has 0 radical (unpaired) electrons. The number of nitrogen functional groups attached to an aromatic ring is 1. The normalized spacial score (nSPS) is 10.7. The Morgan fingerprint density at radius 1 is 0.759 bits per heavy atom. The van der Waals surface area contributed by atoms with Crippen LogP contribution in [-0.4, -0.2) is 0 Å². The third-order valence-corrected chi connectivity index (χ3v) is 4.94. The van der Waals surface area contributed by atoms with Crippen LogP contribution in [0.25, 0.3) is 33.2 Å². The highest BCUT2D eigenvalue weighted by atomic mass is 14.5. The molecule has 0 aromatic heterocycles. The zero-order valence-corrected chi connectivity index (χ0v) is 15.6. The number of allylic oxidation sites excluding steroid dienone is 3. The summed E-state index contributed by atoms with van der Waals surface area (Å²) < 4.78 is 0. The quantitative estimate of drug-likeness (QED) is 0.205. The summed E-state index contributed by atoms with van der Waals surface area (Å²) in [5.74, 6) is 0. The second-order valence-electron chi connectivity index (χ2n) is 6.70. The molecular formula is C26H17N3. The molecule has 4 rings (SSSR count). The van der Waals surface area contributed by atoms with Gasteiger partial charge in [0.15, 0.2) is 0 Å². The number of benzene rings is 4. The third kappa shape index (κ3) is 3.46. The predicted molar refractivity (Wildman–Crippen MR) is 119 cm³/mol. The third-order valence-electron chi connectivity index (χ3n) is 4.94. The fourth-order valence-corrected chi connectivity index (χ4v) is 3.53. The summed E-state index contributed by atoms with van der Waals surface area (Å²) in [6.45, 7) is 0. The Kier molecular flexibility index (Phi) is 4.81. The van der Waals surface area contributed by atoms with E-state index in [1.54, 1.807) is 12.1 Å². The average Bonchev–Trinajstić information content (AvgIpc) is 2.76. The lowest BCUT2D eigenvalue weighted by atomic mass is 9.94. The van der Waals surface area contributed by atoms with Crippen LogP contribution in [0.15, 0.2) is 90.5 Å². The molecule has 136 valence electrons. The molecule has 0 saturated heterocycles. The van der Waals surface area contributed by atoms with Crippen molar-refractivity contribution in [1.29, 1.82) is 10.5 Å². The Morgan fingerprint density at radius 3 is 1.86 bits per heavy atom. The van der Waals surface area contributed by atoms with Crippen molar-refractivity contribution in [2.24, 2.45) is 0 Å². The van der Waals surface area contributed by atoms with E-state index in [4.69, 9.17) is 5.73 Å². The van der Waals surface area contributed by atoms with E-state index < -0.39 is 0 Å². The van der Waals surface area contributed by atoms with Crippen LogP contribution in [0.1, 0.15) is 11.1 Å². The van der Waals surface area contributed by atoms with E-state index in [-0.39, 0.29) is 5.57 Å². The van der Waals surface area contributed by atoms with Crippen LogP contribution in [0.4, 0.5) is 5.69 Å². The highest BCUT2D eigenvalue weighted by Gasteiger charge is 2.09. The van der Waals surface area contributed by atoms with Gasteiger partial charge in [0.2, 0.25) is 0 Å². The van der Waals surface area contributed by atoms with Gasteiger partial charge in [0.05, 0.1) is 0 Å². The number of nitrogens with zero attached hydrogens (tertiary/aromatic N) is 2.